The number of Topliss-reactive ketones (excluding diaryl/α,β-unsaturated/α-hetero) is 1. The molecule has 0 aliphatic rings. The number of aromatic nitrogens is 4. The van der Waals surface area contributed by atoms with E-state index in [9.17, 15) is 9.59 Å². The van der Waals surface area contributed by atoms with E-state index in [-0.39, 0.29) is 24.5 Å². The molecule has 2 aromatic carbocycles. The first-order valence-electron chi connectivity index (χ1n) is 8.32. The van der Waals surface area contributed by atoms with Gasteiger partial charge in [-0.2, -0.15) is 5.21 Å². The van der Waals surface area contributed by atoms with E-state index in [0.717, 1.165) is 22.3 Å². The summed E-state index contributed by atoms with van der Waals surface area (Å²) >= 11 is 0. The third-order valence-corrected chi connectivity index (χ3v) is 3.97. The molecule has 7 nitrogen and oxygen atoms in total. The second-order valence-corrected chi connectivity index (χ2v) is 5.96. The molecule has 0 saturated carbocycles. The molecule has 132 valence electrons. The summed E-state index contributed by atoms with van der Waals surface area (Å²) in [6.45, 7) is 1.92. The molecule has 0 radical (unpaired) electrons. The number of hydrogen-bond donors (Lipinski definition) is 2. The molecular weight excluding hydrogens is 330 g/mol. The summed E-state index contributed by atoms with van der Waals surface area (Å²) in [5.74, 6) is 0.443. The highest BCUT2D eigenvalue weighted by Crippen LogP contribution is 2.29. The number of carbonyl (C=O) groups excluding carboxylic acids is 2. The highest BCUT2D eigenvalue weighted by atomic mass is 16.2. The average Bonchev–Trinajstić information content (AvgIpc) is 3.20. The topological polar surface area (TPSA) is 101 Å². The quantitative estimate of drug-likeness (QED) is 0.682. The second kappa shape index (κ2) is 8.15. The number of H-pyrrole nitrogens is 1. The fraction of sp³-hybridized carbons (Fsp3) is 0.211. The van der Waals surface area contributed by atoms with Crippen molar-refractivity contribution in [2.24, 2.45) is 0 Å². The molecule has 0 fully saturated rings. The van der Waals surface area contributed by atoms with Crippen LogP contribution >= 0.6 is 0 Å². The molecule has 0 atom stereocenters. The summed E-state index contributed by atoms with van der Waals surface area (Å²) in [5, 5.41) is 17.0. The Hall–Kier alpha value is -3.35. The number of nitrogens with one attached hydrogen (secondary N) is 2. The molecule has 1 aromatic heterocycles. The largest absolute Gasteiger partial charge is 0.352 e. The standard InChI is InChI=1S/C19H19N5O2/c1-13(25)6-11-18(26)20-12-14-7-9-15(10-8-14)16-4-2-3-5-17(16)19-21-23-24-22-19/h2-5,7-10H,6,11-12H2,1H3,(H,20,26)(H,21,22,23,24). The van der Waals surface area contributed by atoms with Crippen LogP contribution in [-0.4, -0.2) is 32.3 Å². The lowest BCUT2D eigenvalue weighted by molar-refractivity contribution is -0.124. The van der Waals surface area contributed by atoms with E-state index in [2.05, 4.69) is 25.9 Å². The fourth-order valence-electron chi connectivity index (χ4n) is 2.59. The Morgan fingerprint density at radius 1 is 1.00 bits per heavy atom. The molecule has 0 saturated heterocycles. The van der Waals surface area contributed by atoms with Crippen LogP contribution in [-0.2, 0) is 16.1 Å². The maximum absolute atomic E-state index is 11.7. The van der Waals surface area contributed by atoms with Crippen LogP contribution in [0.2, 0.25) is 0 Å². The summed E-state index contributed by atoms with van der Waals surface area (Å²) < 4.78 is 0. The van der Waals surface area contributed by atoms with Crippen molar-refractivity contribution >= 4 is 11.7 Å². The zero-order chi connectivity index (χ0) is 18.4. The van der Waals surface area contributed by atoms with Crippen LogP contribution in [0.3, 0.4) is 0 Å². The summed E-state index contributed by atoms with van der Waals surface area (Å²) in [6.07, 6.45) is 0.503. The normalized spacial score (nSPS) is 10.5. The predicted molar refractivity (Wildman–Crippen MR) is 96.8 cm³/mol. The molecule has 0 unspecified atom stereocenters. The number of hydrogen-bond acceptors (Lipinski definition) is 5. The van der Waals surface area contributed by atoms with Gasteiger partial charge in [0.15, 0.2) is 0 Å². The van der Waals surface area contributed by atoms with Gasteiger partial charge in [-0.15, -0.1) is 10.2 Å². The van der Waals surface area contributed by atoms with Crippen LogP contribution in [0.5, 0.6) is 0 Å². The van der Waals surface area contributed by atoms with E-state index in [0.29, 0.717) is 12.4 Å². The van der Waals surface area contributed by atoms with Crippen molar-refractivity contribution < 1.29 is 9.59 Å². The third-order valence-electron chi connectivity index (χ3n) is 3.97. The molecule has 2 N–H and O–H groups in total. The number of nitrogens with zero attached hydrogens (tertiary/aromatic N) is 3. The van der Waals surface area contributed by atoms with Gasteiger partial charge in [0.1, 0.15) is 5.78 Å². The van der Waals surface area contributed by atoms with Crippen molar-refractivity contribution in [1.29, 1.82) is 0 Å². The van der Waals surface area contributed by atoms with Gasteiger partial charge < -0.3 is 10.1 Å². The summed E-state index contributed by atoms with van der Waals surface area (Å²) in [5.41, 5.74) is 3.91. The van der Waals surface area contributed by atoms with Crippen molar-refractivity contribution in [2.75, 3.05) is 0 Å². The lowest BCUT2D eigenvalue weighted by atomic mass is 9.98. The molecular formula is C19H19N5O2. The molecule has 0 bridgehead atoms. The third kappa shape index (κ3) is 4.38. The van der Waals surface area contributed by atoms with Gasteiger partial charge in [-0.3, -0.25) is 4.79 Å². The lowest BCUT2D eigenvalue weighted by Gasteiger charge is -2.09. The molecule has 7 heteroatoms. The number of tetrazole rings is 1. The van der Waals surface area contributed by atoms with E-state index in [1.54, 1.807) is 0 Å². The van der Waals surface area contributed by atoms with E-state index in [1.807, 2.05) is 48.5 Å². The van der Waals surface area contributed by atoms with Gasteiger partial charge in [0.05, 0.1) is 0 Å². The highest BCUT2D eigenvalue weighted by Gasteiger charge is 2.10. The SMILES string of the molecule is CC(=O)CCC(=O)NCc1ccc(-c2ccccc2-c2nn[nH]n2)cc1. The predicted octanol–water partition coefficient (Wildman–Crippen LogP) is 2.52. The number of ketones is 1. The zero-order valence-corrected chi connectivity index (χ0v) is 14.4. The molecule has 1 heterocycles. The second-order valence-electron chi connectivity index (χ2n) is 5.96. The van der Waals surface area contributed by atoms with Crippen LogP contribution in [0.4, 0.5) is 0 Å². The number of rotatable bonds is 7. The molecule has 0 aliphatic heterocycles. The Kier molecular flexibility index (Phi) is 5.48. The Labute approximate surface area is 150 Å². The zero-order valence-electron chi connectivity index (χ0n) is 14.4. The van der Waals surface area contributed by atoms with E-state index < -0.39 is 0 Å². The van der Waals surface area contributed by atoms with Crippen molar-refractivity contribution in [3.8, 4) is 22.5 Å². The summed E-state index contributed by atoms with van der Waals surface area (Å²) in [7, 11) is 0. The Bertz CT molecular complexity index is 889. The number of aromatic amines is 1. The first-order chi connectivity index (χ1) is 12.6. The minimum Gasteiger partial charge on any atom is -0.352 e. The van der Waals surface area contributed by atoms with Gasteiger partial charge in [-0.1, -0.05) is 48.5 Å². The molecule has 26 heavy (non-hydrogen) atoms. The Balaban J connectivity index is 1.69. The Morgan fingerprint density at radius 2 is 1.73 bits per heavy atom. The van der Waals surface area contributed by atoms with E-state index in [4.69, 9.17) is 0 Å². The first kappa shape index (κ1) is 17.5. The van der Waals surface area contributed by atoms with Gasteiger partial charge in [0.25, 0.3) is 0 Å². The summed E-state index contributed by atoms with van der Waals surface area (Å²) in [4.78, 5) is 22.6. The maximum Gasteiger partial charge on any atom is 0.220 e. The minimum absolute atomic E-state index is 0.0183. The monoisotopic (exact) mass is 349 g/mol. The van der Waals surface area contributed by atoms with Gasteiger partial charge in [-0.05, 0) is 28.8 Å². The minimum atomic E-state index is -0.119. The van der Waals surface area contributed by atoms with Gasteiger partial charge in [-0.25, -0.2) is 0 Å². The molecule has 0 aliphatic carbocycles. The van der Waals surface area contributed by atoms with Crippen LogP contribution in [0, 0.1) is 0 Å². The van der Waals surface area contributed by atoms with Crippen LogP contribution < -0.4 is 5.32 Å². The average molecular weight is 349 g/mol. The number of amides is 1. The van der Waals surface area contributed by atoms with Crippen molar-refractivity contribution in [3.05, 3.63) is 54.1 Å². The van der Waals surface area contributed by atoms with E-state index >= 15 is 0 Å². The maximum atomic E-state index is 11.7. The van der Waals surface area contributed by atoms with Crippen molar-refractivity contribution in [3.63, 3.8) is 0 Å². The van der Waals surface area contributed by atoms with Crippen LogP contribution in [0.1, 0.15) is 25.3 Å². The van der Waals surface area contributed by atoms with Crippen LogP contribution in [0.25, 0.3) is 22.5 Å². The van der Waals surface area contributed by atoms with Gasteiger partial charge in [0.2, 0.25) is 11.7 Å². The molecule has 3 aromatic rings. The van der Waals surface area contributed by atoms with Crippen molar-refractivity contribution in [2.45, 2.75) is 26.3 Å². The molecule has 3 rings (SSSR count). The smallest absolute Gasteiger partial charge is 0.220 e. The van der Waals surface area contributed by atoms with Gasteiger partial charge in [0, 0.05) is 24.9 Å². The van der Waals surface area contributed by atoms with Crippen molar-refractivity contribution in [1.82, 2.24) is 25.9 Å². The number of carbonyl (C=O) groups is 2. The lowest BCUT2D eigenvalue weighted by Crippen LogP contribution is -2.22. The highest BCUT2D eigenvalue weighted by molar-refractivity contribution is 5.83. The summed E-state index contributed by atoms with van der Waals surface area (Å²) in [6, 6.07) is 15.8. The number of benzene rings is 2. The molecule has 0 spiro atoms. The first-order valence-corrected chi connectivity index (χ1v) is 8.32. The fourth-order valence-corrected chi connectivity index (χ4v) is 2.59. The van der Waals surface area contributed by atoms with Gasteiger partial charge >= 0.3 is 0 Å². The Morgan fingerprint density at radius 3 is 2.38 bits per heavy atom. The molecule has 1 amide bonds. The van der Waals surface area contributed by atoms with Crippen LogP contribution in [0.15, 0.2) is 48.5 Å². The van der Waals surface area contributed by atoms with E-state index in [1.165, 1.54) is 6.92 Å².